The first-order valence-electron chi connectivity index (χ1n) is 9.41. The molecule has 28 heavy (non-hydrogen) atoms. The van der Waals surface area contributed by atoms with E-state index in [1.807, 2.05) is 37.3 Å². The molecule has 0 bridgehead atoms. The molecule has 6 nitrogen and oxygen atoms in total. The number of aromatic nitrogens is 3. The van der Waals surface area contributed by atoms with Crippen LogP contribution in [0.5, 0.6) is 0 Å². The predicted octanol–water partition coefficient (Wildman–Crippen LogP) is 3.80. The summed E-state index contributed by atoms with van der Waals surface area (Å²) in [6.07, 6.45) is 5.19. The molecule has 0 saturated carbocycles. The minimum Gasteiger partial charge on any atom is -0.340 e. The molecule has 0 saturated heterocycles. The van der Waals surface area contributed by atoms with Gasteiger partial charge in [0.1, 0.15) is 5.69 Å². The number of benzene rings is 1. The lowest BCUT2D eigenvalue weighted by Gasteiger charge is -2.17. The van der Waals surface area contributed by atoms with Gasteiger partial charge in [0.25, 0.3) is 5.91 Å². The Morgan fingerprint density at radius 2 is 1.86 bits per heavy atom. The zero-order chi connectivity index (χ0) is 19.9. The summed E-state index contributed by atoms with van der Waals surface area (Å²) in [7, 11) is 1.79. The molecule has 0 aliphatic heterocycles. The fourth-order valence-electron chi connectivity index (χ4n) is 2.95. The highest BCUT2D eigenvalue weighted by molar-refractivity contribution is 5.92. The summed E-state index contributed by atoms with van der Waals surface area (Å²) in [6, 6.07) is 13.7. The van der Waals surface area contributed by atoms with E-state index in [0.29, 0.717) is 18.2 Å². The lowest BCUT2D eigenvalue weighted by Crippen LogP contribution is -2.30. The molecule has 0 radical (unpaired) electrons. The molecule has 6 heteroatoms. The minimum atomic E-state index is -0.119. The van der Waals surface area contributed by atoms with E-state index in [1.165, 1.54) is 5.56 Å². The van der Waals surface area contributed by atoms with Crippen LogP contribution in [0.1, 0.15) is 34.2 Å². The quantitative estimate of drug-likeness (QED) is 0.680. The van der Waals surface area contributed by atoms with Crippen LogP contribution in [0, 0.1) is 6.92 Å². The Morgan fingerprint density at radius 3 is 2.61 bits per heavy atom. The summed E-state index contributed by atoms with van der Waals surface area (Å²) in [4.78, 5) is 27.4. The van der Waals surface area contributed by atoms with Crippen LogP contribution in [-0.4, -0.2) is 39.4 Å². The Balaban J connectivity index is 1.73. The fourth-order valence-corrected chi connectivity index (χ4v) is 2.95. The van der Waals surface area contributed by atoms with E-state index in [2.05, 4.69) is 33.3 Å². The predicted molar refractivity (Wildman–Crippen MR) is 111 cm³/mol. The number of hydrogen-bond acceptors (Lipinski definition) is 5. The van der Waals surface area contributed by atoms with Gasteiger partial charge in [-0.15, -0.1) is 0 Å². The van der Waals surface area contributed by atoms with Crippen molar-refractivity contribution >= 4 is 17.5 Å². The van der Waals surface area contributed by atoms with Crippen molar-refractivity contribution in [1.82, 2.24) is 19.9 Å². The minimum absolute atomic E-state index is 0.119. The van der Waals surface area contributed by atoms with Gasteiger partial charge in [0.15, 0.2) is 0 Å². The second-order valence-electron chi connectivity index (χ2n) is 6.69. The van der Waals surface area contributed by atoms with Crippen molar-refractivity contribution in [1.29, 1.82) is 0 Å². The summed E-state index contributed by atoms with van der Waals surface area (Å²) in [5, 5.41) is 3.26. The number of likely N-dealkylation sites (N-methyl/N-ethyl adjacent to an activating group) is 1. The number of nitrogens with one attached hydrogen (secondary N) is 1. The number of hydrogen-bond donors (Lipinski definition) is 1. The van der Waals surface area contributed by atoms with E-state index < -0.39 is 0 Å². The highest BCUT2D eigenvalue weighted by Gasteiger charge is 2.16. The summed E-state index contributed by atoms with van der Waals surface area (Å²) < 4.78 is 0. The third-order valence-electron chi connectivity index (χ3n) is 4.55. The van der Waals surface area contributed by atoms with Gasteiger partial charge in [-0.25, -0.2) is 9.97 Å². The van der Waals surface area contributed by atoms with E-state index in [1.54, 1.807) is 30.4 Å². The lowest BCUT2D eigenvalue weighted by molar-refractivity contribution is 0.0790. The number of aryl methyl sites for hydroxylation is 2. The molecule has 3 rings (SSSR count). The largest absolute Gasteiger partial charge is 0.340 e. The Kier molecular flexibility index (Phi) is 6.32. The summed E-state index contributed by atoms with van der Waals surface area (Å²) in [6.45, 7) is 4.57. The summed E-state index contributed by atoms with van der Waals surface area (Å²) in [5.41, 5.74) is 4.42. The Morgan fingerprint density at radius 1 is 1.11 bits per heavy atom. The van der Waals surface area contributed by atoms with Gasteiger partial charge in [-0.3, -0.25) is 9.78 Å². The van der Waals surface area contributed by atoms with Gasteiger partial charge in [0.2, 0.25) is 5.95 Å². The molecule has 0 spiro atoms. The third kappa shape index (κ3) is 4.91. The molecular formula is C22H25N5O. The van der Waals surface area contributed by atoms with Crippen molar-refractivity contribution in [3.63, 3.8) is 0 Å². The second kappa shape index (κ2) is 9.08. The first-order chi connectivity index (χ1) is 13.6. The van der Waals surface area contributed by atoms with Gasteiger partial charge in [0.05, 0.1) is 0 Å². The van der Waals surface area contributed by atoms with Crippen molar-refractivity contribution in [2.75, 3.05) is 18.9 Å². The molecule has 1 amide bonds. The van der Waals surface area contributed by atoms with Gasteiger partial charge in [-0.1, -0.05) is 25.1 Å². The van der Waals surface area contributed by atoms with E-state index >= 15 is 0 Å². The summed E-state index contributed by atoms with van der Waals surface area (Å²) >= 11 is 0. The van der Waals surface area contributed by atoms with Crippen LogP contribution >= 0.6 is 0 Å². The molecule has 0 aliphatic carbocycles. The van der Waals surface area contributed by atoms with Crippen molar-refractivity contribution in [2.45, 2.75) is 26.7 Å². The molecule has 0 unspecified atom stereocenters. The fraction of sp³-hybridized carbons (Fsp3) is 0.273. The van der Waals surface area contributed by atoms with Gasteiger partial charge in [0, 0.05) is 37.4 Å². The number of rotatable bonds is 7. The number of carbonyl (C=O) groups is 1. The summed E-state index contributed by atoms with van der Waals surface area (Å²) in [5.74, 6) is 0.318. The van der Waals surface area contributed by atoms with Gasteiger partial charge >= 0.3 is 0 Å². The normalized spacial score (nSPS) is 10.5. The smallest absolute Gasteiger partial charge is 0.272 e. The first kappa shape index (κ1) is 19.5. The molecule has 3 aromatic rings. The zero-order valence-electron chi connectivity index (χ0n) is 16.5. The standard InChI is InChI=1S/C22H25N5O/c1-4-18-7-5-6-8-19(18)25-22-24-16(2)15-20(26-22)21(28)27(3)14-11-17-9-12-23-13-10-17/h5-10,12-13,15H,4,11,14H2,1-3H3,(H,24,25,26). The second-order valence-corrected chi connectivity index (χ2v) is 6.69. The molecule has 0 aliphatic rings. The Labute approximate surface area is 165 Å². The van der Waals surface area contributed by atoms with Gasteiger partial charge in [-0.2, -0.15) is 0 Å². The van der Waals surface area contributed by atoms with E-state index in [0.717, 1.165) is 29.8 Å². The topological polar surface area (TPSA) is 71.0 Å². The van der Waals surface area contributed by atoms with Crippen LogP contribution < -0.4 is 5.32 Å². The van der Waals surface area contributed by atoms with E-state index in [9.17, 15) is 4.79 Å². The van der Waals surface area contributed by atoms with Crippen LogP contribution in [-0.2, 0) is 12.8 Å². The average molecular weight is 375 g/mol. The number of amides is 1. The molecule has 0 fully saturated rings. The number of pyridine rings is 1. The molecule has 0 atom stereocenters. The number of para-hydroxylation sites is 1. The van der Waals surface area contributed by atoms with Crippen LogP contribution in [0.2, 0.25) is 0 Å². The van der Waals surface area contributed by atoms with Crippen LogP contribution in [0.3, 0.4) is 0 Å². The van der Waals surface area contributed by atoms with Gasteiger partial charge < -0.3 is 10.2 Å². The molecule has 1 N–H and O–H groups in total. The maximum atomic E-state index is 12.8. The third-order valence-corrected chi connectivity index (χ3v) is 4.55. The maximum Gasteiger partial charge on any atom is 0.272 e. The zero-order valence-corrected chi connectivity index (χ0v) is 16.5. The molecule has 2 heterocycles. The van der Waals surface area contributed by atoms with Crippen molar-refractivity contribution < 1.29 is 4.79 Å². The highest BCUT2D eigenvalue weighted by atomic mass is 16.2. The monoisotopic (exact) mass is 375 g/mol. The average Bonchev–Trinajstić information content (AvgIpc) is 2.72. The molecule has 2 aromatic heterocycles. The van der Waals surface area contributed by atoms with E-state index in [4.69, 9.17) is 0 Å². The first-order valence-corrected chi connectivity index (χ1v) is 9.41. The van der Waals surface area contributed by atoms with E-state index in [-0.39, 0.29) is 5.91 Å². The van der Waals surface area contributed by atoms with Crippen molar-refractivity contribution in [3.05, 3.63) is 77.4 Å². The molecule has 144 valence electrons. The molecular weight excluding hydrogens is 350 g/mol. The van der Waals surface area contributed by atoms with Crippen LogP contribution in [0.15, 0.2) is 54.9 Å². The number of carbonyl (C=O) groups excluding carboxylic acids is 1. The molecule has 1 aromatic carbocycles. The maximum absolute atomic E-state index is 12.8. The van der Waals surface area contributed by atoms with Crippen LogP contribution in [0.4, 0.5) is 11.6 Å². The lowest BCUT2D eigenvalue weighted by atomic mass is 10.1. The van der Waals surface area contributed by atoms with Crippen LogP contribution in [0.25, 0.3) is 0 Å². The Hall–Kier alpha value is -3.28. The van der Waals surface area contributed by atoms with Crippen molar-refractivity contribution in [3.8, 4) is 0 Å². The highest BCUT2D eigenvalue weighted by Crippen LogP contribution is 2.19. The number of anilines is 2. The van der Waals surface area contributed by atoms with Crippen molar-refractivity contribution in [2.24, 2.45) is 0 Å². The number of nitrogens with zero attached hydrogens (tertiary/aromatic N) is 4. The van der Waals surface area contributed by atoms with Gasteiger partial charge in [-0.05, 0) is 55.2 Å². The Bertz CT molecular complexity index is 943. The SMILES string of the molecule is CCc1ccccc1Nc1nc(C)cc(C(=O)N(C)CCc2ccncc2)n1.